The average Bonchev–Trinajstić information content (AvgIpc) is 2.68. The standard InChI is InChI=1S/C27H58NO2/c1-5-6-7-8-9-10-11-12-13-14-15-16-17-18-19-20-21-22-23-24-25-30-28(3,4)26-27(2)29/h27,29H,5-26H2,1-4H3/q+1. The van der Waals surface area contributed by atoms with Crippen molar-refractivity contribution in [1.82, 2.24) is 0 Å². The molecule has 0 spiro atoms. The Labute approximate surface area is 190 Å². The minimum atomic E-state index is -0.310. The molecule has 182 valence electrons. The SMILES string of the molecule is CCCCCCCCCCCCCCCCCCCCCCO[N+](C)(C)CC(C)O. The molecule has 1 unspecified atom stereocenters. The van der Waals surface area contributed by atoms with Crippen LogP contribution in [0.15, 0.2) is 0 Å². The zero-order valence-electron chi connectivity index (χ0n) is 21.4. The lowest BCUT2D eigenvalue weighted by molar-refractivity contribution is -1.08. The van der Waals surface area contributed by atoms with Gasteiger partial charge in [-0.2, -0.15) is 4.65 Å². The third kappa shape index (κ3) is 24.2. The second kappa shape index (κ2) is 22.1. The maximum atomic E-state index is 9.46. The summed E-state index contributed by atoms with van der Waals surface area (Å²) in [6.45, 7) is 5.57. The molecule has 1 atom stereocenters. The molecule has 0 aromatic heterocycles. The van der Waals surface area contributed by atoms with Crippen LogP contribution in [-0.4, -0.2) is 43.1 Å². The van der Waals surface area contributed by atoms with Crippen molar-refractivity contribution in [3.63, 3.8) is 0 Å². The lowest BCUT2D eigenvalue weighted by Gasteiger charge is -2.27. The van der Waals surface area contributed by atoms with E-state index in [2.05, 4.69) is 6.92 Å². The molecule has 1 N–H and O–H groups in total. The van der Waals surface area contributed by atoms with E-state index in [1.165, 1.54) is 122 Å². The van der Waals surface area contributed by atoms with Crippen molar-refractivity contribution >= 4 is 0 Å². The van der Waals surface area contributed by atoms with E-state index in [0.717, 1.165) is 13.0 Å². The number of quaternary nitrogens is 1. The monoisotopic (exact) mass is 428 g/mol. The summed E-state index contributed by atoms with van der Waals surface area (Å²) in [4.78, 5) is 5.85. The molecule has 0 aromatic rings. The summed E-state index contributed by atoms with van der Waals surface area (Å²) in [7, 11) is 4.03. The van der Waals surface area contributed by atoms with E-state index in [-0.39, 0.29) is 6.10 Å². The molecule has 0 saturated carbocycles. The largest absolute Gasteiger partial charge is 0.387 e. The number of likely N-dealkylation sites (N-methyl/N-ethyl adjacent to an activating group) is 1. The van der Waals surface area contributed by atoms with E-state index >= 15 is 0 Å². The Morgan fingerprint density at radius 3 is 1.17 bits per heavy atom. The van der Waals surface area contributed by atoms with Gasteiger partial charge in [-0.1, -0.05) is 129 Å². The summed E-state index contributed by atoms with van der Waals surface area (Å²) in [5.41, 5.74) is 0. The Kier molecular flexibility index (Phi) is 22.0. The van der Waals surface area contributed by atoms with Gasteiger partial charge in [-0.25, -0.2) is 4.84 Å². The van der Waals surface area contributed by atoms with Gasteiger partial charge in [0, 0.05) is 0 Å². The lowest BCUT2D eigenvalue weighted by Crippen LogP contribution is -2.44. The fraction of sp³-hybridized carbons (Fsp3) is 1.00. The number of rotatable bonds is 24. The fourth-order valence-corrected chi connectivity index (χ4v) is 4.36. The summed E-state index contributed by atoms with van der Waals surface area (Å²) in [5.74, 6) is 0. The van der Waals surface area contributed by atoms with Gasteiger partial charge in [0.15, 0.2) is 0 Å². The molecule has 0 aliphatic rings. The van der Waals surface area contributed by atoms with Crippen LogP contribution in [0, 0.1) is 0 Å². The van der Waals surface area contributed by atoms with Gasteiger partial charge in [-0.15, -0.1) is 0 Å². The minimum absolute atomic E-state index is 0.310. The van der Waals surface area contributed by atoms with E-state index in [9.17, 15) is 5.11 Å². The van der Waals surface area contributed by atoms with Gasteiger partial charge in [-0.05, 0) is 13.3 Å². The molecule has 0 amide bonds. The predicted octanol–water partition coefficient (Wildman–Crippen LogP) is 8.20. The minimum Gasteiger partial charge on any atom is -0.387 e. The number of unbranched alkanes of at least 4 members (excludes halogenated alkanes) is 19. The smallest absolute Gasteiger partial charge is 0.134 e. The summed E-state index contributed by atoms with van der Waals surface area (Å²) in [6.07, 6.45) is 28.0. The maximum absolute atomic E-state index is 9.46. The first-order valence-electron chi connectivity index (χ1n) is 13.6. The number of aliphatic hydroxyl groups excluding tert-OH is 1. The Morgan fingerprint density at radius 2 is 0.867 bits per heavy atom. The van der Waals surface area contributed by atoms with Gasteiger partial charge in [0.2, 0.25) is 0 Å². The van der Waals surface area contributed by atoms with Crippen molar-refractivity contribution in [3.8, 4) is 0 Å². The zero-order valence-corrected chi connectivity index (χ0v) is 21.4. The van der Waals surface area contributed by atoms with Crippen molar-refractivity contribution in [3.05, 3.63) is 0 Å². The fourth-order valence-electron chi connectivity index (χ4n) is 4.36. The quantitative estimate of drug-likeness (QED) is 0.0953. The van der Waals surface area contributed by atoms with Crippen molar-refractivity contribution < 1.29 is 14.6 Å². The van der Waals surface area contributed by atoms with Crippen LogP contribution >= 0.6 is 0 Å². The molecular weight excluding hydrogens is 370 g/mol. The number of aliphatic hydroxyl groups is 1. The first-order valence-corrected chi connectivity index (χ1v) is 13.6. The van der Waals surface area contributed by atoms with Crippen LogP contribution in [0.2, 0.25) is 0 Å². The molecule has 0 aromatic carbocycles. The molecule has 0 fully saturated rings. The highest BCUT2D eigenvalue weighted by Gasteiger charge is 2.19. The van der Waals surface area contributed by atoms with Crippen molar-refractivity contribution in [2.75, 3.05) is 27.2 Å². The molecule has 0 radical (unpaired) electrons. The highest BCUT2D eigenvalue weighted by atomic mass is 16.7. The molecule has 0 aliphatic carbocycles. The Balaban J connectivity index is 3.13. The number of hydroxylamine groups is 3. The maximum Gasteiger partial charge on any atom is 0.134 e. The van der Waals surface area contributed by atoms with Crippen LogP contribution in [0.25, 0.3) is 0 Å². The topological polar surface area (TPSA) is 29.5 Å². The average molecular weight is 429 g/mol. The first-order chi connectivity index (χ1) is 14.5. The van der Waals surface area contributed by atoms with E-state index in [1.807, 2.05) is 21.0 Å². The molecule has 30 heavy (non-hydrogen) atoms. The van der Waals surface area contributed by atoms with Crippen LogP contribution in [-0.2, 0) is 4.84 Å². The van der Waals surface area contributed by atoms with Gasteiger partial charge >= 0.3 is 0 Å². The van der Waals surface area contributed by atoms with Crippen molar-refractivity contribution in [2.45, 2.75) is 148 Å². The second-order valence-corrected chi connectivity index (χ2v) is 10.2. The number of nitrogens with zero attached hydrogens (tertiary/aromatic N) is 1. The van der Waals surface area contributed by atoms with E-state index < -0.39 is 0 Å². The van der Waals surface area contributed by atoms with Crippen LogP contribution in [0.5, 0.6) is 0 Å². The predicted molar refractivity (Wildman–Crippen MR) is 133 cm³/mol. The summed E-state index contributed by atoms with van der Waals surface area (Å²) >= 11 is 0. The molecule has 0 bridgehead atoms. The number of hydrogen-bond donors (Lipinski definition) is 1. The second-order valence-electron chi connectivity index (χ2n) is 10.2. The van der Waals surface area contributed by atoms with Crippen LogP contribution in [0.4, 0.5) is 0 Å². The van der Waals surface area contributed by atoms with Gasteiger partial charge in [0.1, 0.15) is 19.3 Å². The van der Waals surface area contributed by atoms with Crippen molar-refractivity contribution in [1.29, 1.82) is 0 Å². The van der Waals surface area contributed by atoms with Crippen molar-refractivity contribution in [2.24, 2.45) is 0 Å². The summed E-state index contributed by atoms with van der Waals surface area (Å²) in [5, 5.41) is 9.46. The Morgan fingerprint density at radius 1 is 0.567 bits per heavy atom. The third-order valence-electron chi connectivity index (χ3n) is 6.14. The summed E-state index contributed by atoms with van der Waals surface area (Å²) < 4.78 is 0.455. The van der Waals surface area contributed by atoms with Gasteiger partial charge in [-0.3, -0.25) is 0 Å². The van der Waals surface area contributed by atoms with E-state index in [1.54, 1.807) is 0 Å². The van der Waals surface area contributed by atoms with Gasteiger partial charge in [0.25, 0.3) is 0 Å². The highest BCUT2D eigenvalue weighted by molar-refractivity contribution is 4.51. The molecule has 0 aliphatic heterocycles. The van der Waals surface area contributed by atoms with Gasteiger partial charge in [0.05, 0.1) is 14.1 Å². The zero-order chi connectivity index (χ0) is 22.3. The Hall–Kier alpha value is -0.120. The summed E-state index contributed by atoms with van der Waals surface area (Å²) in [6, 6.07) is 0. The molecule has 3 nitrogen and oxygen atoms in total. The molecular formula is C27H58NO2+. The van der Waals surface area contributed by atoms with Crippen LogP contribution in [0.3, 0.4) is 0 Å². The molecule has 0 saturated heterocycles. The van der Waals surface area contributed by atoms with E-state index in [0.29, 0.717) is 11.2 Å². The van der Waals surface area contributed by atoms with E-state index in [4.69, 9.17) is 4.84 Å². The lowest BCUT2D eigenvalue weighted by atomic mass is 10.0. The molecule has 0 heterocycles. The molecule has 0 rings (SSSR count). The first kappa shape index (κ1) is 29.9. The van der Waals surface area contributed by atoms with Crippen LogP contribution < -0.4 is 0 Å². The molecule has 3 heteroatoms. The van der Waals surface area contributed by atoms with Gasteiger partial charge < -0.3 is 5.11 Å². The highest BCUT2D eigenvalue weighted by Crippen LogP contribution is 2.15. The number of hydrogen-bond acceptors (Lipinski definition) is 2. The third-order valence-corrected chi connectivity index (χ3v) is 6.14. The van der Waals surface area contributed by atoms with Crippen LogP contribution in [0.1, 0.15) is 142 Å². The Bertz CT molecular complexity index is 331. The normalized spacial score (nSPS) is 13.1.